The van der Waals surface area contributed by atoms with E-state index < -0.39 is 0 Å². The largest absolute Gasteiger partial charge is 0.309 e. The zero-order valence-electron chi connectivity index (χ0n) is 25.8. The van der Waals surface area contributed by atoms with E-state index in [1.54, 1.807) is 17.4 Å². The Kier molecular flexibility index (Phi) is 5.99. The normalized spacial score (nSPS) is 14.4. The summed E-state index contributed by atoms with van der Waals surface area (Å²) >= 11 is 1.64. The van der Waals surface area contributed by atoms with Crippen molar-refractivity contribution >= 4 is 67.7 Å². The van der Waals surface area contributed by atoms with Crippen molar-refractivity contribution in [1.29, 1.82) is 0 Å². The molecular weight excluding hydrogens is 597 g/mol. The highest BCUT2D eigenvalue weighted by Crippen LogP contribution is 2.54. The fraction of sp³-hybridized carbons (Fsp3) is 0.0714. The lowest BCUT2D eigenvalue weighted by Gasteiger charge is -2.28. The third-order valence-corrected chi connectivity index (χ3v) is 10.7. The number of benzene rings is 5. The van der Waals surface area contributed by atoms with Gasteiger partial charge >= 0.3 is 0 Å². The summed E-state index contributed by atoms with van der Waals surface area (Å²) in [6.45, 7) is 4.51. The Morgan fingerprint density at radius 2 is 1.28 bits per heavy atom. The minimum atomic E-state index is -0.275. The third kappa shape index (κ3) is 4.24. The van der Waals surface area contributed by atoms with E-state index in [4.69, 9.17) is 4.98 Å². The minimum absolute atomic E-state index is 0.196. The van der Waals surface area contributed by atoms with E-state index in [0.29, 0.717) is 11.1 Å². The smallest absolute Gasteiger partial charge is 0.197 e. The van der Waals surface area contributed by atoms with E-state index in [1.165, 1.54) is 21.6 Å². The Balaban J connectivity index is 1.11. The molecule has 0 saturated heterocycles. The minimum Gasteiger partial charge on any atom is -0.309 e. The number of hydrogen-bond acceptors (Lipinski definition) is 5. The topological polar surface area (TPSA) is 50.3 Å². The Hall–Kier alpha value is -5.65. The van der Waals surface area contributed by atoms with Gasteiger partial charge < -0.3 is 4.90 Å². The number of anilines is 3. The molecule has 2 heterocycles. The van der Waals surface area contributed by atoms with Gasteiger partial charge in [0.15, 0.2) is 11.6 Å². The summed E-state index contributed by atoms with van der Waals surface area (Å²) in [4.78, 5) is 36.1. The quantitative estimate of drug-likeness (QED) is 0.144. The fourth-order valence-electron chi connectivity index (χ4n) is 7.17. The Bertz CT molecular complexity index is 2430. The zero-order valence-corrected chi connectivity index (χ0v) is 26.6. The van der Waals surface area contributed by atoms with Crippen LogP contribution in [0.25, 0.3) is 38.2 Å². The number of nitrogens with zero attached hydrogens (tertiary/aromatic N) is 2. The molecule has 0 unspecified atom stereocenters. The number of para-hydroxylation sites is 2. The number of Topliss-reactive ketones (excluding diaryl/α,β-unsaturated/α-hetero) is 2. The monoisotopic (exact) mass is 624 g/mol. The predicted octanol–water partition coefficient (Wildman–Crippen LogP) is 10.7. The number of ketones is 2. The maximum absolute atomic E-state index is 13.5. The van der Waals surface area contributed by atoms with Crippen molar-refractivity contribution in [2.45, 2.75) is 19.3 Å². The predicted molar refractivity (Wildman–Crippen MR) is 192 cm³/mol. The maximum Gasteiger partial charge on any atom is 0.197 e. The van der Waals surface area contributed by atoms with Crippen molar-refractivity contribution in [1.82, 2.24) is 4.98 Å². The van der Waals surface area contributed by atoms with Gasteiger partial charge in [0.25, 0.3) is 0 Å². The van der Waals surface area contributed by atoms with E-state index >= 15 is 0 Å². The first-order valence-electron chi connectivity index (χ1n) is 15.7. The summed E-state index contributed by atoms with van der Waals surface area (Å²) in [6, 6.07) is 41.2. The standard InChI is InChI=1S/C42H28N2O2S/c1-42(2)36-21-29(44(28-13-4-3-5-14-28)30-18-27-12-8-9-15-38(27)43-24-30)16-17-32(36)41-37(42)23-31(47-41)22-35-39(45)33-19-25-10-6-7-11-26(25)20-34(33)40(35)46/h3-24H,1-2H3. The van der Waals surface area contributed by atoms with Crippen LogP contribution in [-0.2, 0) is 5.41 Å². The number of thiophene rings is 1. The molecular formula is C42H28N2O2S. The SMILES string of the molecule is CC1(C)c2cc(N(c3ccccc3)c3cnc4ccccc4c3)ccc2-c2sc(C=C3C(=O)c4cc5ccccc5cc4C3=O)cc21. The molecule has 2 aromatic heterocycles. The van der Waals surface area contributed by atoms with Crippen LogP contribution in [0.15, 0.2) is 133 Å². The maximum atomic E-state index is 13.5. The first kappa shape index (κ1) is 27.6. The zero-order chi connectivity index (χ0) is 31.9. The molecule has 9 rings (SSSR count). The van der Waals surface area contributed by atoms with Gasteiger partial charge in [0, 0.05) is 43.1 Å². The summed E-state index contributed by atoms with van der Waals surface area (Å²) in [7, 11) is 0. The van der Waals surface area contributed by atoms with Crippen molar-refractivity contribution in [3.8, 4) is 10.4 Å². The van der Waals surface area contributed by atoms with E-state index in [1.807, 2.05) is 66.9 Å². The highest BCUT2D eigenvalue weighted by atomic mass is 32.1. The molecule has 0 amide bonds. The van der Waals surface area contributed by atoms with Gasteiger partial charge in [-0.05, 0) is 88.1 Å². The molecule has 5 heteroatoms. The van der Waals surface area contributed by atoms with Gasteiger partial charge in [0.05, 0.1) is 23.0 Å². The van der Waals surface area contributed by atoms with Gasteiger partial charge in [-0.3, -0.25) is 14.6 Å². The van der Waals surface area contributed by atoms with Crippen LogP contribution in [0.4, 0.5) is 17.1 Å². The van der Waals surface area contributed by atoms with Crippen LogP contribution >= 0.6 is 11.3 Å². The number of carbonyl (C=O) groups excluding carboxylic acids is 2. The molecule has 0 radical (unpaired) electrons. The second kappa shape index (κ2) is 10.2. The van der Waals surface area contributed by atoms with Crippen molar-refractivity contribution in [2.24, 2.45) is 0 Å². The molecule has 5 aromatic carbocycles. The number of pyridine rings is 1. The lowest BCUT2D eigenvalue weighted by atomic mass is 9.82. The van der Waals surface area contributed by atoms with Crippen molar-refractivity contribution in [3.63, 3.8) is 0 Å². The number of allylic oxidation sites excluding steroid dienone is 1. The van der Waals surface area contributed by atoms with Crippen LogP contribution in [0, 0.1) is 0 Å². The molecule has 0 N–H and O–H groups in total. The molecule has 0 aliphatic heterocycles. The van der Waals surface area contributed by atoms with Crippen LogP contribution in [0.2, 0.25) is 0 Å². The Morgan fingerprint density at radius 1 is 0.617 bits per heavy atom. The van der Waals surface area contributed by atoms with Crippen molar-refractivity contribution < 1.29 is 9.59 Å². The van der Waals surface area contributed by atoms with Gasteiger partial charge in [-0.25, -0.2) is 0 Å². The second-order valence-corrected chi connectivity index (χ2v) is 13.8. The molecule has 0 saturated carbocycles. The lowest BCUT2D eigenvalue weighted by molar-refractivity contribution is 0.0990. The van der Waals surface area contributed by atoms with Crippen LogP contribution in [0.1, 0.15) is 50.6 Å². The first-order chi connectivity index (χ1) is 22.9. The second-order valence-electron chi connectivity index (χ2n) is 12.8. The summed E-state index contributed by atoms with van der Waals surface area (Å²) < 4.78 is 0. The van der Waals surface area contributed by atoms with Gasteiger partial charge in [-0.2, -0.15) is 0 Å². The highest BCUT2D eigenvalue weighted by molar-refractivity contribution is 7.16. The number of carbonyl (C=O) groups is 2. The summed E-state index contributed by atoms with van der Waals surface area (Å²) in [6.07, 6.45) is 3.74. The van der Waals surface area contributed by atoms with Gasteiger partial charge in [0.1, 0.15) is 0 Å². The molecule has 47 heavy (non-hydrogen) atoms. The summed E-state index contributed by atoms with van der Waals surface area (Å²) in [5.74, 6) is -0.393. The highest BCUT2D eigenvalue weighted by Gasteiger charge is 2.39. The molecule has 2 aliphatic rings. The van der Waals surface area contributed by atoms with Crippen LogP contribution < -0.4 is 4.90 Å². The van der Waals surface area contributed by atoms with Crippen LogP contribution in [0.3, 0.4) is 0 Å². The molecule has 0 spiro atoms. The molecule has 0 bridgehead atoms. The molecule has 224 valence electrons. The number of rotatable bonds is 4. The Morgan fingerprint density at radius 3 is 2.00 bits per heavy atom. The number of aromatic nitrogens is 1. The molecule has 0 fully saturated rings. The average Bonchev–Trinajstić information content (AvgIpc) is 3.69. The van der Waals surface area contributed by atoms with Crippen molar-refractivity contribution in [3.05, 3.63) is 160 Å². The first-order valence-corrected chi connectivity index (χ1v) is 16.5. The van der Waals surface area contributed by atoms with Crippen LogP contribution in [0.5, 0.6) is 0 Å². The summed E-state index contributed by atoms with van der Waals surface area (Å²) in [5, 5.41) is 3.01. The van der Waals surface area contributed by atoms with Gasteiger partial charge in [0.2, 0.25) is 0 Å². The number of hydrogen-bond donors (Lipinski definition) is 0. The molecule has 2 aliphatic carbocycles. The summed E-state index contributed by atoms with van der Waals surface area (Å²) in [5.41, 5.74) is 8.67. The average molecular weight is 625 g/mol. The van der Waals surface area contributed by atoms with Crippen LogP contribution in [-0.4, -0.2) is 16.6 Å². The molecule has 0 atom stereocenters. The van der Waals surface area contributed by atoms with E-state index in [-0.39, 0.29) is 22.6 Å². The number of fused-ring (bicyclic) bond motifs is 6. The third-order valence-electron chi connectivity index (χ3n) is 9.60. The van der Waals surface area contributed by atoms with E-state index in [9.17, 15) is 9.59 Å². The molecule has 7 aromatic rings. The Labute approximate surface area is 276 Å². The van der Waals surface area contributed by atoms with Gasteiger partial charge in [-0.1, -0.05) is 80.6 Å². The van der Waals surface area contributed by atoms with E-state index in [0.717, 1.165) is 43.6 Å². The van der Waals surface area contributed by atoms with Gasteiger partial charge in [-0.15, -0.1) is 11.3 Å². The fourth-order valence-corrected chi connectivity index (χ4v) is 8.47. The van der Waals surface area contributed by atoms with E-state index in [2.05, 4.69) is 79.4 Å². The van der Waals surface area contributed by atoms with Crippen molar-refractivity contribution in [2.75, 3.05) is 4.90 Å². The molecule has 4 nitrogen and oxygen atoms in total. The lowest BCUT2D eigenvalue weighted by Crippen LogP contribution is -2.16.